The summed E-state index contributed by atoms with van der Waals surface area (Å²) in [6, 6.07) is 2.65. The molecule has 2 aliphatic rings. The Balaban J connectivity index is 1.69. The number of aromatic nitrogens is 2. The maximum atomic E-state index is 13.7. The Morgan fingerprint density at radius 1 is 1.22 bits per heavy atom. The van der Waals surface area contributed by atoms with Crippen LogP contribution in [-0.2, 0) is 26.7 Å². The summed E-state index contributed by atoms with van der Waals surface area (Å²) < 4.78 is 87.3. The van der Waals surface area contributed by atoms with Gasteiger partial charge in [0.15, 0.2) is 5.69 Å². The number of nitrogens with one attached hydrogen (secondary N) is 1. The van der Waals surface area contributed by atoms with Crippen molar-refractivity contribution in [2.75, 3.05) is 4.90 Å². The normalized spacial score (nSPS) is 27.3. The van der Waals surface area contributed by atoms with E-state index in [9.17, 15) is 40.7 Å². The maximum absolute atomic E-state index is 13.7. The first-order valence-corrected chi connectivity index (χ1v) is 12.3. The van der Waals surface area contributed by atoms with Crippen LogP contribution in [0.4, 0.5) is 32.0 Å². The number of ether oxygens (including phenoxy) is 1. The van der Waals surface area contributed by atoms with E-state index in [4.69, 9.17) is 21.6 Å². The third kappa shape index (κ3) is 5.10. The summed E-state index contributed by atoms with van der Waals surface area (Å²) in [5, 5.41) is 10.8. The zero-order chi connectivity index (χ0) is 30.7. The molecule has 3 heterocycles. The second-order valence-corrected chi connectivity index (χ2v) is 10.5. The smallest absolute Gasteiger partial charge is 0.366 e. The Hall–Kier alpha value is -3.77. The van der Waals surface area contributed by atoms with Crippen molar-refractivity contribution in [2.45, 2.75) is 56.8 Å². The Bertz CT molecular complexity index is 1480. The molecule has 0 aliphatic carbocycles. The average Bonchev–Trinajstić information content (AvgIpc) is 3.24. The standard InChI is InChI=1S/C25H20ClF6N5O4/c1-11-17(20(40)37(10-38)13-5-4-12(8-33)15(6-13)24(27,28)29)23(3)16(7-22(11,2)41-23)35-19(39)14-9-34-21(26)36-18(14)25(30,31)32/h4-6,9-11,16-17H,7H2,1-3H3,(H,35,39)/t11?,16-,17+,22?,23?/m1/s1. The summed E-state index contributed by atoms with van der Waals surface area (Å²) in [5.41, 5.74) is -7.74. The van der Waals surface area contributed by atoms with Gasteiger partial charge >= 0.3 is 12.4 Å². The second kappa shape index (κ2) is 9.95. The molecular formula is C25H20ClF6N5O4. The lowest BCUT2D eigenvalue weighted by molar-refractivity contribution is -0.141. The molecule has 3 unspecified atom stereocenters. The minimum Gasteiger partial charge on any atom is -0.366 e. The summed E-state index contributed by atoms with van der Waals surface area (Å²) in [6.45, 7) is 4.64. The van der Waals surface area contributed by atoms with Crippen molar-refractivity contribution < 1.29 is 45.5 Å². The molecule has 2 saturated heterocycles. The van der Waals surface area contributed by atoms with Gasteiger partial charge in [0.1, 0.15) is 0 Å². The van der Waals surface area contributed by atoms with Gasteiger partial charge in [0.05, 0.1) is 51.6 Å². The molecule has 218 valence electrons. The number of alkyl halides is 6. The highest BCUT2D eigenvalue weighted by Gasteiger charge is 2.69. The highest BCUT2D eigenvalue weighted by atomic mass is 35.5. The van der Waals surface area contributed by atoms with E-state index in [0.29, 0.717) is 17.2 Å². The summed E-state index contributed by atoms with van der Waals surface area (Å²) in [7, 11) is 0. The fraction of sp³-hybridized carbons (Fsp3) is 0.440. The Kier molecular flexibility index (Phi) is 7.33. The van der Waals surface area contributed by atoms with Gasteiger partial charge in [0.25, 0.3) is 5.91 Å². The number of nitrogens with zero attached hydrogens (tertiary/aromatic N) is 4. The Morgan fingerprint density at radius 2 is 1.88 bits per heavy atom. The molecule has 4 rings (SSSR count). The summed E-state index contributed by atoms with van der Waals surface area (Å²) in [4.78, 5) is 45.8. The van der Waals surface area contributed by atoms with Crippen LogP contribution >= 0.6 is 11.6 Å². The van der Waals surface area contributed by atoms with Crippen molar-refractivity contribution in [3.05, 3.63) is 52.1 Å². The molecule has 1 N–H and O–H groups in total. The van der Waals surface area contributed by atoms with Gasteiger partial charge in [0, 0.05) is 6.20 Å². The number of hydrogen-bond donors (Lipinski definition) is 1. The predicted molar refractivity (Wildman–Crippen MR) is 128 cm³/mol. The Morgan fingerprint density at radius 3 is 2.41 bits per heavy atom. The van der Waals surface area contributed by atoms with Gasteiger partial charge in [-0.15, -0.1) is 0 Å². The number of hydrogen-bond acceptors (Lipinski definition) is 7. The van der Waals surface area contributed by atoms with Gasteiger partial charge in [0.2, 0.25) is 17.6 Å². The molecule has 0 radical (unpaired) electrons. The van der Waals surface area contributed by atoms with E-state index in [1.54, 1.807) is 13.8 Å². The number of nitriles is 1. The minimum atomic E-state index is -5.05. The van der Waals surface area contributed by atoms with Crippen LogP contribution < -0.4 is 10.2 Å². The van der Waals surface area contributed by atoms with Gasteiger partial charge in [-0.1, -0.05) is 6.92 Å². The van der Waals surface area contributed by atoms with Crippen molar-refractivity contribution in [3.8, 4) is 6.07 Å². The lowest BCUT2D eigenvalue weighted by Gasteiger charge is -2.40. The monoisotopic (exact) mass is 603 g/mol. The zero-order valence-electron chi connectivity index (χ0n) is 21.4. The number of fused-ring (bicyclic) bond motifs is 2. The average molecular weight is 604 g/mol. The van der Waals surface area contributed by atoms with E-state index in [2.05, 4.69) is 15.3 Å². The lowest BCUT2D eigenvalue weighted by Crippen LogP contribution is -2.59. The molecule has 2 aliphatic heterocycles. The first-order valence-electron chi connectivity index (χ1n) is 11.9. The summed E-state index contributed by atoms with van der Waals surface area (Å²) in [6.07, 6.45) is -9.33. The van der Waals surface area contributed by atoms with E-state index in [-0.39, 0.29) is 12.8 Å². The van der Waals surface area contributed by atoms with Crippen molar-refractivity contribution in [3.63, 3.8) is 0 Å². The SMILES string of the molecule is CC1[C@@H](C(=O)N(C=O)c2ccc(C#N)c(C(F)(F)F)c2)C2(C)OC1(C)C[C@H]2NC(=O)c1cnc(Cl)nc1C(F)(F)F. The maximum Gasteiger partial charge on any atom is 0.434 e. The number of anilines is 1. The van der Waals surface area contributed by atoms with Crippen LogP contribution in [0.25, 0.3) is 0 Å². The van der Waals surface area contributed by atoms with Gasteiger partial charge in [-0.2, -0.15) is 31.6 Å². The van der Waals surface area contributed by atoms with Gasteiger partial charge in [-0.25, -0.2) is 9.97 Å². The largest absolute Gasteiger partial charge is 0.434 e. The van der Waals surface area contributed by atoms with Crippen LogP contribution in [0.1, 0.15) is 54.4 Å². The third-order valence-corrected chi connectivity index (χ3v) is 7.91. The number of benzene rings is 1. The van der Waals surface area contributed by atoms with Crippen LogP contribution in [0.2, 0.25) is 5.28 Å². The molecule has 1 aromatic carbocycles. The van der Waals surface area contributed by atoms with Crippen LogP contribution in [0, 0.1) is 23.2 Å². The molecule has 2 aromatic rings. The van der Waals surface area contributed by atoms with E-state index in [1.165, 1.54) is 13.0 Å². The topological polar surface area (TPSA) is 125 Å². The lowest BCUT2D eigenvalue weighted by atomic mass is 9.65. The quantitative estimate of drug-likeness (QED) is 0.302. The number of rotatable bonds is 5. The van der Waals surface area contributed by atoms with E-state index in [1.807, 2.05) is 0 Å². The van der Waals surface area contributed by atoms with Crippen LogP contribution in [0.15, 0.2) is 24.4 Å². The molecule has 16 heteroatoms. The van der Waals surface area contributed by atoms with Crippen molar-refractivity contribution in [1.82, 2.24) is 15.3 Å². The van der Waals surface area contributed by atoms with E-state index >= 15 is 0 Å². The minimum absolute atomic E-state index is 0.0164. The number of amides is 3. The second-order valence-electron chi connectivity index (χ2n) is 10.1. The molecule has 2 bridgehead atoms. The van der Waals surface area contributed by atoms with Crippen molar-refractivity contribution in [2.24, 2.45) is 11.8 Å². The summed E-state index contributed by atoms with van der Waals surface area (Å²) >= 11 is 5.48. The van der Waals surface area contributed by atoms with Crippen LogP contribution in [0.3, 0.4) is 0 Å². The van der Waals surface area contributed by atoms with Gasteiger partial charge in [-0.05, 0) is 56.0 Å². The van der Waals surface area contributed by atoms with Crippen molar-refractivity contribution in [1.29, 1.82) is 5.26 Å². The molecule has 1 aromatic heterocycles. The van der Waals surface area contributed by atoms with Gasteiger partial charge in [-0.3, -0.25) is 19.3 Å². The zero-order valence-corrected chi connectivity index (χ0v) is 22.1. The summed E-state index contributed by atoms with van der Waals surface area (Å²) in [5.74, 6) is -4.07. The molecule has 0 spiro atoms. The first kappa shape index (κ1) is 30.2. The highest BCUT2D eigenvalue weighted by molar-refractivity contribution is 6.28. The molecule has 9 nitrogen and oxygen atoms in total. The van der Waals surface area contributed by atoms with Gasteiger partial charge < -0.3 is 10.1 Å². The van der Waals surface area contributed by atoms with Crippen LogP contribution in [-0.4, -0.2) is 45.4 Å². The number of carbonyl (C=O) groups is 3. The predicted octanol–water partition coefficient (Wildman–Crippen LogP) is 4.53. The molecule has 2 fully saturated rings. The molecule has 5 atom stereocenters. The van der Waals surface area contributed by atoms with Crippen LogP contribution in [0.5, 0.6) is 0 Å². The fourth-order valence-electron chi connectivity index (χ4n) is 5.67. The third-order valence-electron chi connectivity index (χ3n) is 7.73. The number of carbonyl (C=O) groups excluding carboxylic acids is 3. The Labute approximate surface area is 233 Å². The number of halogens is 7. The molecular weight excluding hydrogens is 584 g/mol. The molecule has 41 heavy (non-hydrogen) atoms. The number of imide groups is 1. The van der Waals surface area contributed by atoms with E-state index < -0.39 is 86.6 Å². The molecule has 0 saturated carbocycles. The fourth-order valence-corrected chi connectivity index (χ4v) is 5.80. The molecule has 3 amide bonds. The highest BCUT2D eigenvalue weighted by Crippen LogP contribution is 2.58. The van der Waals surface area contributed by atoms with Crippen molar-refractivity contribution >= 4 is 35.5 Å². The first-order chi connectivity index (χ1) is 18.9. The van der Waals surface area contributed by atoms with E-state index in [0.717, 1.165) is 12.1 Å².